The van der Waals surface area contributed by atoms with Gasteiger partial charge in [-0.25, -0.2) is 4.79 Å². The Morgan fingerprint density at radius 3 is 2.10 bits per heavy atom. The van der Waals surface area contributed by atoms with E-state index in [1.54, 1.807) is 45.0 Å². The molecular formula is C30H41N3O6. The second-order valence-corrected chi connectivity index (χ2v) is 10.2. The fraction of sp³-hybridized carbons (Fsp3) is 0.467. The van der Waals surface area contributed by atoms with Gasteiger partial charge in [0.2, 0.25) is 11.8 Å². The van der Waals surface area contributed by atoms with Gasteiger partial charge in [-0.3, -0.25) is 14.4 Å². The van der Waals surface area contributed by atoms with Crippen molar-refractivity contribution in [3.05, 3.63) is 71.8 Å². The summed E-state index contributed by atoms with van der Waals surface area (Å²) in [6.07, 6.45) is 1.89. The topological polar surface area (TPSA) is 114 Å². The van der Waals surface area contributed by atoms with Crippen LogP contribution in [0.2, 0.25) is 0 Å². The van der Waals surface area contributed by atoms with E-state index in [4.69, 9.17) is 4.74 Å². The zero-order valence-electron chi connectivity index (χ0n) is 23.6. The number of benzene rings is 2. The summed E-state index contributed by atoms with van der Waals surface area (Å²) >= 11 is 0. The Bertz CT molecular complexity index is 1070. The molecule has 2 atom stereocenters. The van der Waals surface area contributed by atoms with Gasteiger partial charge in [0.25, 0.3) is 0 Å². The molecule has 39 heavy (non-hydrogen) atoms. The van der Waals surface area contributed by atoms with Gasteiger partial charge in [-0.05, 0) is 38.3 Å². The normalized spacial score (nSPS) is 12.5. The van der Waals surface area contributed by atoms with E-state index < -0.39 is 41.6 Å². The van der Waals surface area contributed by atoms with E-state index in [1.807, 2.05) is 43.3 Å². The fourth-order valence-corrected chi connectivity index (χ4v) is 4.03. The van der Waals surface area contributed by atoms with Crippen LogP contribution in [0.5, 0.6) is 0 Å². The zero-order chi connectivity index (χ0) is 28.8. The summed E-state index contributed by atoms with van der Waals surface area (Å²) in [6.45, 7) is 7.23. The van der Waals surface area contributed by atoms with Gasteiger partial charge in [0.15, 0.2) is 0 Å². The van der Waals surface area contributed by atoms with Gasteiger partial charge in [-0.2, -0.15) is 0 Å². The number of esters is 1. The molecular weight excluding hydrogens is 498 g/mol. The molecule has 2 aromatic rings. The summed E-state index contributed by atoms with van der Waals surface area (Å²) in [7, 11) is 1.24. The van der Waals surface area contributed by atoms with Gasteiger partial charge < -0.3 is 25.0 Å². The molecule has 212 valence electrons. The molecule has 0 aliphatic carbocycles. The highest BCUT2D eigenvalue weighted by Crippen LogP contribution is 2.24. The molecule has 0 spiro atoms. The second kappa shape index (κ2) is 15.5. The Hall–Kier alpha value is -3.88. The Morgan fingerprint density at radius 2 is 1.54 bits per heavy atom. The first kappa shape index (κ1) is 31.3. The van der Waals surface area contributed by atoms with Gasteiger partial charge in [0.05, 0.1) is 7.11 Å². The molecule has 0 bridgehead atoms. The molecule has 2 aromatic carbocycles. The molecule has 0 aliphatic rings. The van der Waals surface area contributed by atoms with Crippen LogP contribution in [0.15, 0.2) is 60.7 Å². The lowest BCUT2D eigenvalue weighted by Gasteiger charge is -2.34. The number of carbonyl (C=O) groups excluding carboxylic acids is 4. The maximum atomic E-state index is 14.2. The molecule has 0 aromatic heterocycles. The summed E-state index contributed by atoms with van der Waals surface area (Å²) < 4.78 is 10.1. The van der Waals surface area contributed by atoms with Crippen molar-refractivity contribution in [2.24, 2.45) is 0 Å². The third-order valence-electron chi connectivity index (χ3n) is 5.87. The number of nitrogens with zero attached hydrogens (tertiary/aromatic N) is 1. The molecule has 2 N–H and O–H groups in total. The first-order chi connectivity index (χ1) is 18.6. The molecule has 9 nitrogen and oxygen atoms in total. The van der Waals surface area contributed by atoms with Crippen molar-refractivity contribution in [2.45, 2.75) is 71.1 Å². The first-order valence-corrected chi connectivity index (χ1v) is 13.3. The van der Waals surface area contributed by atoms with Crippen molar-refractivity contribution in [3.8, 4) is 0 Å². The van der Waals surface area contributed by atoms with Crippen LogP contribution in [0.25, 0.3) is 0 Å². The van der Waals surface area contributed by atoms with Crippen LogP contribution < -0.4 is 10.6 Å². The SMILES string of the molecule is CCCCCN(C(=O)C(Cc1ccccc1)NC(=O)OC(C)(C)C)C(C(=O)NCC(=O)OC)c1ccccc1. The van der Waals surface area contributed by atoms with E-state index in [2.05, 4.69) is 15.4 Å². The molecule has 2 rings (SSSR count). The highest BCUT2D eigenvalue weighted by molar-refractivity contribution is 5.93. The smallest absolute Gasteiger partial charge is 0.408 e. The molecule has 0 radical (unpaired) electrons. The van der Waals surface area contributed by atoms with Gasteiger partial charge >= 0.3 is 12.1 Å². The predicted octanol–water partition coefficient (Wildman–Crippen LogP) is 4.17. The highest BCUT2D eigenvalue weighted by atomic mass is 16.6. The quantitative estimate of drug-likeness (QED) is 0.292. The Kier molecular flexibility index (Phi) is 12.5. The third kappa shape index (κ3) is 10.8. The van der Waals surface area contributed by atoms with Crippen LogP contribution in [0.4, 0.5) is 4.79 Å². The van der Waals surface area contributed by atoms with Gasteiger partial charge in [-0.15, -0.1) is 0 Å². The van der Waals surface area contributed by atoms with Gasteiger partial charge in [0.1, 0.15) is 24.2 Å². The molecule has 0 fully saturated rings. The van der Waals surface area contributed by atoms with Crippen LogP contribution in [0, 0.1) is 0 Å². The lowest BCUT2D eigenvalue weighted by molar-refractivity contribution is -0.144. The molecule has 0 aliphatic heterocycles. The minimum atomic E-state index is -1.03. The van der Waals surface area contributed by atoms with Crippen LogP contribution in [0.3, 0.4) is 0 Å². The van der Waals surface area contributed by atoms with E-state index in [-0.39, 0.29) is 19.5 Å². The number of unbranched alkanes of at least 4 members (excludes halogenated alkanes) is 2. The average molecular weight is 540 g/mol. The van der Waals surface area contributed by atoms with E-state index >= 15 is 0 Å². The largest absolute Gasteiger partial charge is 0.468 e. The lowest BCUT2D eigenvalue weighted by atomic mass is 9.99. The number of amides is 3. The summed E-state index contributed by atoms with van der Waals surface area (Å²) in [5.74, 6) is -1.55. The number of alkyl carbamates (subject to hydrolysis) is 1. The van der Waals surface area contributed by atoms with Crippen molar-refractivity contribution in [3.63, 3.8) is 0 Å². The van der Waals surface area contributed by atoms with E-state index in [1.165, 1.54) is 12.0 Å². The summed E-state index contributed by atoms with van der Waals surface area (Å²) in [5.41, 5.74) is 0.665. The summed E-state index contributed by atoms with van der Waals surface area (Å²) in [5, 5.41) is 5.34. The summed E-state index contributed by atoms with van der Waals surface area (Å²) in [4.78, 5) is 53.8. The maximum absolute atomic E-state index is 14.2. The van der Waals surface area contributed by atoms with Crippen molar-refractivity contribution >= 4 is 23.9 Å². The molecule has 3 amide bonds. The lowest BCUT2D eigenvalue weighted by Crippen LogP contribution is -2.54. The molecule has 2 unspecified atom stereocenters. The van der Waals surface area contributed by atoms with Gasteiger partial charge in [0, 0.05) is 13.0 Å². The predicted molar refractivity (Wildman–Crippen MR) is 149 cm³/mol. The van der Waals surface area contributed by atoms with Crippen LogP contribution in [0.1, 0.15) is 64.1 Å². The number of hydrogen-bond donors (Lipinski definition) is 2. The van der Waals surface area contributed by atoms with Crippen molar-refractivity contribution in [1.29, 1.82) is 0 Å². The number of hydrogen-bond acceptors (Lipinski definition) is 6. The Balaban J connectivity index is 2.49. The third-order valence-corrected chi connectivity index (χ3v) is 5.87. The number of ether oxygens (including phenoxy) is 2. The van der Waals surface area contributed by atoms with E-state index in [0.717, 1.165) is 18.4 Å². The average Bonchev–Trinajstić information content (AvgIpc) is 2.90. The van der Waals surface area contributed by atoms with Crippen LogP contribution in [-0.2, 0) is 30.3 Å². The fourth-order valence-electron chi connectivity index (χ4n) is 4.03. The molecule has 9 heteroatoms. The Labute approximate surface area is 231 Å². The monoisotopic (exact) mass is 539 g/mol. The maximum Gasteiger partial charge on any atom is 0.408 e. The van der Waals surface area contributed by atoms with Crippen LogP contribution >= 0.6 is 0 Å². The number of carbonyl (C=O) groups is 4. The van der Waals surface area contributed by atoms with E-state index in [0.29, 0.717) is 12.0 Å². The van der Waals surface area contributed by atoms with Gasteiger partial charge in [-0.1, -0.05) is 80.4 Å². The van der Waals surface area contributed by atoms with Crippen molar-refractivity contribution < 1.29 is 28.7 Å². The standard InChI is InChI=1S/C30H41N3O6/c1-6-7-14-19-33(26(23-17-12-9-13-18-23)27(35)31-21-25(34)38-5)28(36)24(20-22-15-10-8-11-16-22)32-29(37)39-30(2,3)4/h8-13,15-18,24,26H,6-7,14,19-21H2,1-5H3,(H,31,35)(H,32,37). The molecule has 0 saturated carbocycles. The second-order valence-electron chi connectivity index (χ2n) is 10.2. The highest BCUT2D eigenvalue weighted by Gasteiger charge is 2.36. The van der Waals surface area contributed by atoms with Crippen molar-refractivity contribution in [2.75, 3.05) is 20.2 Å². The van der Waals surface area contributed by atoms with Crippen molar-refractivity contribution in [1.82, 2.24) is 15.5 Å². The first-order valence-electron chi connectivity index (χ1n) is 13.3. The minimum Gasteiger partial charge on any atom is -0.468 e. The molecule has 0 saturated heterocycles. The number of methoxy groups -OCH3 is 1. The van der Waals surface area contributed by atoms with Crippen LogP contribution in [-0.4, -0.2) is 60.6 Å². The molecule has 0 heterocycles. The summed E-state index contributed by atoms with van der Waals surface area (Å²) in [6, 6.07) is 16.2. The zero-order valence-corrected chi connectivity index (χ0v) is 23.6. The van der Waals surface area contributed by atoms with E-state index in [9.17, 15) is 19.2 Å². The number of nitrogens with one attached hydrogen (secondary N) is 2. The number of rotatable bonds is 13. The Morgan fingerprint density at radius 1 is 0.923 bits per heavy atom. The minimum absolute atomic E-state index is 0.203.